The molecule has 2 aromatic rings. The van der Waals surface area contributed by atoms with Crippen molar-refractivity contribution in [2.75, 3.05) is 19.4 Å². The molecule has 6 heteroatoms. The molecule has 19 heavy (non-hydrogen) atoms. The molecule has 0 spiro atoms. The average Bonchev–Trinajstić information content (AvgIpc) is 2.90. The third-order valence-electron chi connectivity index (χ3n) is 2.61. The number of hydrogen-bond donors (Lipinski definition) is 2. The fourth-order valence-corrected chi connectivity index (χ4v) is 1.52. The summed E-state index contributed by atoms with van der Waals surface area (Å²) in [7, 11) is 1.71. The number of H-pyrrole nitrogens is 1. The van der Waals surface area contributed by atoms with Crippen molar-refractivity contribution in [2.24, 2.45) is 0 Å². The number of aromatic nitrogens is 2. The zero-order valence-corrected chi connectivity index (χ0v) is 10.7. The summed E-state index contributed by atoms with van der Waals surface area (Å²) in [4.78, 5) is 20.4. The summed E-state index contributed by atoms with van der Waals surface area (Å²) in [5, 5.41) is 0. The van der Waals surface area contributed by atoms with Crippen molar-refractivity contribution in [3.8, 4) is 5.75 Å². The molecule has 6 nitrogen and oxygen atoms in total. The molecule has 0 saturated heterocycles. The summed E-state index contributed by atoms with van der Waals surface area (Å²) in [5.41, 5.74) is 6.23. The molecule has 0 atom stereocenters. The van der Waals surface area contributed by atoms with Crippen molar-refractivity contribution >= 4 is 11.6 Å². The Hall–Kier alpha value is -2.50. The van der Waals surface area contributed by atoms with E-state index in [1.54, 1.807) is 48.6 Å². The largest absolute Gasteiger partial charge is 0.484 e. The Kier molecular flexibility index (Phi) is 4.02. The summed E-state index contributed by atoms with van der Waals surface area (Å²) < 4.78 is 5.39. The van der Waals surface area contributed by atoms with Gasteiger partial charge in [-0.15, -0.1) is 0 Å². The van der Waals surface area contributed by atoms with Crippen LogP contribution in [-0.2, 0) is 11.3 Å². The smallest absolute Gasteiger partial charge is 0.260 e. The Morgan fingerprint density at radius 1 is 1.42 bits per heavy atom. The number of likely N-dealkylation sites (N-methyl/N-ethyl adjacent to an activating group) is 1. The third kappa shape index (κ3) is 3.74. The van der Waals surface area contributed by atoms with Gasteiger partial charge in [-0.1, -0.05) is 0 Å². The number of nitrogens with two attached hydrogens (primary N) is 1. The number of benzene rings is 1. The highest BCUT2D eigenvalue weighted by Gasteiger charge is 2.11. The van der Waals surface area contributed by atoms with Crippen molar-refractivity contribution in [3.63, 3.8) is 0 Å². The van der Waals surface area contributed by atoms with E-state index in [0.717, 1.165) is 5.82 Å². The predicted octanol–water partition coefficient (Wildman–Crippen LogP) is 1.03. The number of rotatable bonds is 5. The highest BCUT2D eigenvalue weighted by Crippen LogP contribution is 2.13. The number of ether oxygens (including phenoxy) is 1. The van der Waals surface area contributed by atoms with E-state index >= 15 is 0 Å². The van der Waals surface area contributed by atoms with E-state index in [1.807, 2.05) is 0 Å². The first-order valence-corrected chi connectivity index (χ1v) is 5.85. The van der Waals surface area contributed by atoms with E-state index in [2.05, 4.69) is 9.97 Å². The van der Waals surface area contributed by atoms with Crippen LogP contribution in [-0.4, -0.2) is 34.4 Å². The number of anilines is 1. The SMILES string of the molecule is CN(Cc1ncc[nH]1)C(=O)COc1ccc(N)cc1. The monoisotopic (exact) mass is 260 g/mol. The van der Waals surface area contributed by atoms with Gasteiger partial charge >= 0.3 is 0 Å². The second kappa shape index (κ2) is 5.90. The maximum atomic E-state index is 11.8. The van der Waals surface area contributed by atoms with E-state index in [9.17, 15) is 4.79 Å². The molecular weight excluding hydrogens is 244 g/mol. The molecule has 1 amide bonds. The third-order valence-corrected chi connectivity index (χ3v) is 2.61. The maximum Gasteiger partial charge on any atom is 0.260 e. The molecule has 1 aromatic carbocycles. The highest BCUT2D eigenvalue weighted by molar-refractivity contribution is 5.77. The standard InChI is InChI=1S/C13H16N4O2/c1-17(8-12-15-6-7-16-12)13(18)9-19-11-4-2-10(14)3-5-11/h2-7H,8-9,14H2,1H3,(H,15,16). The number of nitrogen functional groups attached to an aromatic ring is 1. The summed E-state index contributed by atoms with van der Waals surface area (Å²) >= 11 is 0. The van der Waals surface area contributed by atoms with Gasteiger partial charge in [0, 0.05) is 25.1 Å². The number of nitrogens with one attached hydrogen (secondary N) is 1. The quantitative estimate of drug-likeness (QED) is 0.786. The lowest BCUT2D eigenvalue weighted by Gasteiger charge is -2.16. The van der Waals surface area contributed by atoms with E-state index < -0.39 is 0 Å². The van der Waals surface area contributed by atoms with Crippen molar-refractivity contribution in [2.45, 2.75) is 6.54 Å². The van der Waals surface area contributed by atoms with Gasteiger partial charge in [0.2, 0.25) is 0 Å². The molecule has 3 N–H and O–H groups in total. The number of carbonyl (C=O) groups excluding carboxylic acids is 1. The van der Waals surface area contributed by atoms with Crippen LogP contribution in [0.1, 0.15) is 5.82 Å². The van der Waals surface area contributed by atoms with Crippen LogP contribution in [0.2, 0.25) is 0 Å². The molecule has 0 fully saturated rings. The fraction of sp³-hybridized carbons (Fsp3) is 0.231. The van der Waals surface area contributed by atoms with Crippen molar-refractivity contribution in [1.82, 2.24) is 14.9 Å². The molecular formula is C13H16N4O2. The van der Waals surface area contributed by atoms with Crippen LogP contribution in [0, 0.1) is 0 Å². The summed E-state index contributed by atoms with van der Waals surface area (Å²) in [6.07, 6.45) is 3.37. The number of nitrogens with zero attached hydrogens (tertiary/aromatic N) is 2. The number of amides is 1. The van der Waals surface area contributed by atoms with Gasteiger partial charge in [-0.2, -0.15) is 0 Å². The molecule has 100 valence electrons. The van der Waals surface area contributed by atoms with E-state index in [-0.39, 0.29) is 12.5 Å². The average molecular weight is 260 g/mol. The Balaban J connectivity index is 1.82. The fourth-order valence-electron chi connectivity index (χ4n) is 1.52. The second-order valence-corrected chi connectivity index (χ2v) is 4.14. The van der Waals surface area contributed by atoms with Crippen LogP contribution >= 0.6 is 0 Å². The van der Waals surface area contributed by atoms with Gasteiger partial charge in [-0.05, 0) is 24.3 Å². The molecule has 1 aromatic heterocycles. The minimum atomic E-state index is -0.117. The second-order valence-electron chi connectivity index (χ2n) is 4.14. The first kappa shape index (κ1) is 12.9. The Bertz CT molecular complexity index is 522. The molecule has 0 radical (unpaired) electrons. The zero-order chi connectivity index (χ0) is 13.7. The first-order valence-electron chi connectivity index (χ1n) is 5.85. The Labute approximate surface area is 111 Å². The van der Waals surface area contributed by atoms with Gasteiger partial charge in [-0.25, -0.2) is 4.98 Å². The summed E-state index contributed by atoms with van der Waals surface area (Å²) in [5.74, 6) is 1.24. The van der Waals surface area contributed by atoms with Crippen molar-refractivity contribution in [3.05, 3.63) is 42.5 Å². The minimum Gasteiger partial charge on any atom is -0.484 e. The number of hydrogen-bond acceptors (Lipinski definition) is 4. The van der Waals surface area contributed by atoms with Crippen LogP contribution in [0.5, 0.6) is 5.75 Å². The lowest BCUT2D eigenvalue weighted by atomic mass is 10.3. The topological polar surface area (TPSA) is 84.2 Å². The van der Waals surface area contributed by atoms with Gasteiger partial charge in [0.05, 0.1) is 6.54 Å². The van der Waals surface area contributed by atoms with E-state index in [1.165, 1.54) is 0 Å². The molecule has 0 aliphatic carbocycles. The summed E-state index contributed by atoms with van der Waals surface area (Å²) in [6.45, 7) is 0.415. The molecule has 0 bridgehead atoms. The van der Waals surface area contributed by atoms with Crippen LogP contribution in [0.15, 0.2) is 36.7 Å². The molecule has 0 aliphatic rings. The maximum absolute atomic E-state index is 11.8. The minimum absolute atomic E-state index is 0.0128. The zero-order valence-electron chi connectivity index (χ0n) is 10.7. The van der Waals surface area contributed by atoms with E-state index in [4.69, 9.17) is 10.5 Å². The van der Waals surface area contributed by atoms with Gasteiger partial charge in [0.25, 0.3) is 5.91 Å². The van der Waals surface area contributed by atoms with Crippen LogP contribution in [0.25, 0.3) is 0 Å². The van der Waals surface area contributed by atoms with Gasteiger partial charge < -0.3 is 20.4 Å². The molecule has 0 unspecified atom stereocenters. The number of aromatic amines is 1. The predicted molar refractivity (Wildman–Crippen MR) is 71.4 cm³/mol. The van der Waals surface area contributed by atoms with Gasteiger partial charge in [-0.3, -0.25) is 4.79 Å². The van der Waals surface area contributed by atoms with E-state index in [0.29, 0.717) is 18.0 Å². The highest BCUT2D eigenvalue weighted by atomic mass is 16.5. The molecule has 1 heterocycles. The first-order chi connectivity index (χ1) is 9.15. The molecule has 2 rings (SSSR count). The lowest BCUT2D eigenvalue weighted by Crippen LogP contribution is -2.31. The van der Waals surface area contributed by atoms with Crippen LogP contribution in [0.4, 0.5) is 5.69 Å². The Morgan fingerprint density at radius 2 is 2.16 bits per heavy atom. The lowest BCUT2D eigenvalue weighted by molar-refractivity contribution is -0.132. The van der Waals surface area contributed by atoms with Crippen molar-refractivity contribution in [1.29, 1.82) is 0 Å². The van der Waals surface area contributed by atoms with Crippen molar-refractivity contribution < 1.29 is 9.53 Å². The van der Waals surface area contributed by atoms with Gasteiger partial charge in [0.15, 0.2) is 6.61 Å². The van der Waals surface area contributed by atoms with Crippen LogP contribution in [0.3, 0.4) is 0 Å². The number of carbonyl (C=O) groups is 1. The van der Waals surface area contributed by atoms with Gasteiger partial charge in [0.1, 0.15) is 11.6 Å². The van der Waals surface area contributed by atoms with Crippen LogP contribution < -0.4 is 10.5 Å². The summed E-state index contributed by atoms with van der Waals surface area (Å²) in [6, 6.07) is 6.92. The normalized spacial score (nSPS) is 10.2. The molecule has 0 saturated carbocycles. The molecule has 0 aliphatic heterocycles. The number of imidazole rings is 1. The Morgan fingerprint density at radius 3 is 2.79 bits per heavy atom.